The Balaban J connectivity index is 2.09. The summed E-state index contributed by atoms with van der Waals surface area (Å²) in [5, 5.41) is 23.0. The first-order valence-corrected chi connectivity index (χ1v) is 6.49. The summed E-state index contributed by atoms with van der Waals surface area (Å²) in [4.78, 5) is 22.0. The fourth-order valence-corrected chi connectivity index (χ4v) is 1.77. The highest BCUT2D eigenvalue weighted by Crippen LogP contribution is 2.27. The fourth-order valence-electron chi connectivity index (χ4n) is 1.77. The van der Waals surface area contributed by atoms with Gasteiger partial charge in [0.05, 0.1) is 10.6 Å². The number of non-ortho nitro benzene ring substituents is 1. The Kier molecular flexibility index (Phi) is 4.53. The minimum atomic E-state index is -0.564. The first kappa shape index (κ1) is 15.2. The molecule has 0 fully saturated rings. The Morgan fingerprint density at radius 3 is 2.55 bits per heavy atom. The van der Waals surface area contributed by atoms with E-state index in [9.17, 15) is 20.0 Å². The summed E-state index contributed by atoms with van der Waals surface area (Å²) in [5.74, 6) is -0.351. The summed E-state index contributed by atoms with van der Waals surface area (Å²) in [6.07, 6.45) is 2.63. The summed E-state index contributed by atoms with van der Waals surface area (Å²) in [7, 11) is 0. The lowest BCUT2D eigenvalue weighted by atomic mass is 10.1. The highest BCUT2D eigenvalue weighted by atomic mass is 16.6. The van der Waals surface area contributed by atoms with E-state index >= 15 is 0 Å². The maximum Gasteiger partial charge on any atom is 0.271 e. The zero-order chi connectivity index (χ0) is 16.1. The highest BCUT2D eigenvalue weighted by molar-refractivity contribution is 6.04. The van der Waals surface area contributed by atoms with Crippen molar-refractivity contribution in [2.24, 2.45) is 0 Å². The molecule has 0 aliphatic carbocycles. The van der Waals surface area contributed by atoms with Crippen LogP contribution in [0.25, 0.3) is 0 Å². The largest absolute Gasteiger partial charge is 0.506 e. The van der Waals surface area contributed by atoms with Gasteiger partial charge in [0.1, 0.15) is 5.75 Å². The van der Waals surface area contributed by atoms with Crippen LogP contribution in [-0.4, -0.2) is 15.8 Å². The zero-order valence-electron chi connectivity index (χ0n) is 11.8. The van der Waals surface area contributed by atoms with Crippen molar-refractivity contribution in [3.8, 4) is 5.75 Å². The van der Waals surface area contributed by atoms with Crippen LogP contribution >= 0.6 is 0 Å². The van der Waals surface area contributed by atoms with Crippen molar-refractivity contribution in [2.45, 2.75) is 6.92 Å². The van der Waals surface area contributed by atoms with Crippen LogP contribution < -0.4 is 5.32 Å². The van der Waals surface area contributed by atoms with Gasteiger partial charge < -0.3 is 10.4 Å². The molecule has 0 radical (unpaired) electrons. The van der Waals surface area contributed by atoms with Gasteiger partial charge in [-0.2, -0.15) is 0 Å². The Morgan fingerprint density at radius 1 is 1.23 bits per heavy atom. The first-order chi connectivity index (χ1) is 10.5. The van der Waals surface area contributed by atoms with Crippen molar-refractivity contribution in [2.75, 3.05) is 5.32 Å². The van der Waals surface area contributed by atoms with Crippen LogP contribution in [0.1, 0.15) is 15.9 Å². The van der Waals surface area contributed by atoms with Gasteiger partial charge in [-0.1, -0.05) is 29.8 Å². The minimum Gasteiger partial charge on any atom is -0.506 e. The fraction of sp³-hybridized carbons (Fsp3) is 0.0625. The van der Waals surface area contributed by atoms with E-state index in [-0.39, 0.29) is 22.9 Å². The van der Waals surface area contributed by atoms with Gasteiger partial charge in [-0.05, 0) is 13.0 Å². The molecule has 2 N–H and O–H groups in total. The van der Waals surface area contributed by atoms with Gasteiger partial charge >= 0.3 is 0 Å². The lowest BCUT2D eigenvalue weighted by Crippen LogP contribution is -1.97. The number of rotatable bonds is 5. The number of ketones is 1. The molecule has 0 spiro atoms. The number of phenolic OH excluding ortho intramolecular Hbond substituents is 1. The average molecular weight is 298 g/mol. The standard InChI is InChI=1S/C16H14N2O4/c1-11-2-4-12(5-3-11)15(19)8-9-17-14-10-13(18(21)22)6-7-16(14)20/h2-10,17,20H,1H3. The first-order valence-electron chi connectivity index (χ1n) is 6.49. The number of anilines is 1. The van der Waals surface area contributed by atoms with Crippen molar-refractivity contribution < 1.29 is 14.8 Å². The van der Waals surface area contributed by atoms with Crippen LogP contribution in [0.4, 0.5) is 11.4 Å². The molecule has 0 aliphatic rings. The zero-order valence-corrected chi connectivity index (χ0v) is 11.8. The van der Waals surface area contributed by atoms with Crippen LogP contribution in [0.15, 0.2) is 54.7 Å². The molecule has 6 nitrogen and oxygen atoms in total. The van der Waals surface area contributed by atoms with Crippen molar-refractivity contribution in [3.05, 3.63) is 76.0 Å². The maximum absolute atomic E-state index is 11.9. The second-order valence-corrected chi connectivity index (χ2v) is 4.67. The predicted molar refractivity (Wildman–Crippen MR) is 83.0 cm³/mol. The van der Waals surface area contributed by atoms with Crippen LogP contribution in [0, 0.1) is 17.0 Å². The number of hydrogen-bond acceptors (Lipinski definition) is 5. The molecular weight excluding hydrogens is 284 g/mol. The number of nitrogens with zero attached hydrogens (tertiary/aromatic N) is 1. The van der Waals surface area contributed by atoms with Crippen LogP contribution in [-0.2, 0) is 0 Å². The Bertz CT molecular complexity index is 736. The van der Waals surface area contributed by atoms with Crippen LogP contribution in [0.2, 0.25) is 0 Å². The van der Waals surface area contributed by atoms with Gasteiger partial charge in [0.15, 0.2) is 5.78 Å². The Labute approximate surface area is 126 Å². The van der Waals surface area contributed by atoms with Gasteiger partial charge in [-0.25, -0.2) is 0 Å². The van der Waals surface area contributed by atoms with E-state index in [1.165, 1.54) is 30.5 Å². The Hall–Kier alpha value is -3.15. The lowest BCUT2D eigenvalue weighted by Gasteiger charge is -2.03. The quantitative estimate of drug-likeness (QED) is 0.290. The molecule has 2 aromatic carbocycles. The predicted octanol–water partition coefficient (Wildman–Crippen LogP) is 3.42. The number of nitrogens with one attached hydrogen (secondary N) is 1. The third-order valence-corrected chi connectivity index (χ3v) is 3.00. The number of nitro groups is 1. The molecule has 2 aromatic rings. The normalized spacial score (nSPS) is 10.6. The molecule has 0 aliphatic heterocycles. The van der Waals surface area contributed by atoms with Gasteiger partial charge in [0.25, 0.3) is 5.69 Å². The molecule has 0 saturated carbocycles. The number of hydrogen-bond donors (Lipinski definition) is 2. The summed E-state index contributed by atoms with van der Waals surface area (Å²) in [5.41, 5.74) is 1.59. The maximum atomic E-state index is 11.9. The van der Waals surface area contributed by atoms with Crippen molar-refractivity contribution >= 4 is 17.2 Å². The van der Waals surface area contributed by atoms with Crippen LogP contribution in [0.3, 0.4) is 0 Å². The van der Waals surface area contributed by atoms with Crippen molar-refractivity contribution in [1.29, 1.82) is 0 Å². The molecule has 0 amide bonds. The monoisotopic (exact) mass is 298 g/mol. The number of benzene rings is 2. The lowest BCUT2D eigenvalue weighted by molar-refractivity contribution is -0.384. The van der Waals surface area contributed by atoms with Gasteiger partial charge in [-0.3, -0.25) is 14.9 Å². The van der Waals surface area contributed by atoms with Gasteiger partial charge in [0.2, 0.25) is 0 Å². The van der Waals surface area contributed by atoms with E-state index in [2.05, 4.69) is 5.32 Å². The molecule has 112 valence electrons. The van der Waals surface area contributed by atoms with E-state index < -0.39 is 4.92 Å². The smallest absolute Gasteiger partial charge is 0.271 e. The van der Waals surface area contributed by atoms with Gasteiger partial charge in [0, 0.05) is 30.0 Å². The number of nitro benzene ring substituents is 1. The number of phenols is 1. The minimum absolute atomic E-state index is 0.141. The molecule has 0 bridgehead atoms. The summed E-state index contributed by atoms with van der Waals surface area (Å²) < 4.78 is 0. The molecule has 6 heteroatoms. The van der Waals surface area contributed by atoms with Crippen molar-refractivity contribution in [3.63, 3.8) is 0 Å². The topological polar surface area (TPSA) is 92.5 Å². The second-order valence-electron chi connectivity index (χ2n) is 4.67. The van der Waals surface area contributed by atoms with E-state index in [0.29, 0.717) is 5.56 Å². The molecule has 0 atom stereocenters. The number of carbonyl (C=O) groups excluding carboxylic acids is 1. The number of allylic oxidation sites excluding steroid dienone is 1. The van der Waals surface area contributed by atoms with E-state index in [4.69, 9.17) is 0 Å². The summed E-state index contributed by atoms with van der Waals surface area (Å²) in [6.45, 7) is 1.93. The third-order valence-electron chi connectivity index (χ3n) is 3.00. The third kappa shape index (κ3) is 3.69. The van der Waals surface area contributed by atoms with Crippen LogP contribution in [0.5, 0.6) is 5.75 Å². The SMILES string of the molecule is Cc1ccc(C(=O)C=CNc2cc([N+](=O)[O-])ccc2O)cc1. The van der Waals surface area contributed by atoms with Gasteiger partial charge in [-0.15, -0.1) is 0 Å². The molecular formula is C16H14N2O4. The second kappa shape index (κ2) is 6.53. The number of aromatic hydroxyl groups is 1. The number of carbonyl (C=O) groups is 1. The van der Waals surface area contributed by atoms with Crippen molar-refractivity contribution in [1.82, 2.24) is 0 Å². The molecule has 0 saturated heterocycles. The number of aryl methyl sites for hydroxylation is 1. The molecule has 0 unspecified atom stereocenters. The molecule has 22 heavy (non-hydrogen) atoms. The molecule has 0 heterocycles. The van der Waals surface area contributed by atoms with E-state index in [1.54, 1.807) is 12.1 Å². The summed E-state index contributed by atoms with van der Waals surface area (Å²) >= 11 is 0. The molecule has 0 aromatic heterocycles. The highest BCUT2D eigenvalue weighted by Gasteiger charge is 2.09. The molecule has 2 rings (SSSR count). The van der Waals surface area contributed by atoms with E-state index in [1.807, 2.05) is 19.1 Å². The average Bonchev–Trinajstić information content (AvgIpc) is 2.49. The summed E-state index contributed by atoms with van der Waals surface area (Å²) in [6, 6.07) is 10.7. The van der Waals surface area contributed by atoms with E-state index in [0.717, 1.165) is 5.56 Å². The Morgan fingerprint density at radius 2 is 1.91 bits per heavy atom.